The van der Waals surface area contributed by atoms with E-state index in [1.54, 1.807) is 0 Å². The zero-order chi connectivity index (χ0) is 16.4. The Morgan fingerprint density at radius 1 is 1.08 bits per heavy atom. The van der Waals surface area contributed by atoms with Crippen molar-refractivity contribution in [1.29, 1.82) is 0 Å². The van der Waals surface area contributed by atoms with Crippen LogP contribution in [0.3, 0.4) is 0 Å². The van der Waals surface area contributed by atoms with E-state index in [4.69, 9.17) is 0 Å². The van der Waals surface area contributed by atoms with Crippen molar-refractivity contribution in [1.82, 2.24) is 24.4 Å². The molecule has 128 valence electrons. The summed E-state index contributed by atoms with van der Waals surface area (Å²) in [5.41, 5.74) is 0.926. The first-order chi connectivity index (χ1) is 11.8. The molecule has 5 heteroatoms. The summed E-state index contributed by atoms with van der Waals surface area (Å²) in [4.78, 5) is 16.0. The molecule has 4 rings (SSSR count). The maximum absolute atomic E-state index is 4.54. The number of nitrogens with zero attached hydrogens (tertiary/aromatic N) is 5. The molecule has 2 aromatic rings. The van der Waals surface area contributed by atoms with Crippen LogP contribution in [-0.4, -0.2) is 43.6 Å². The fourth-order valence-corrected chi connectivity index (χ4v) is 4.52. The Bertz CT molecular complexity index is 678. The molecule has 0 bridgehead atoms. The van der Waals surface area contributed by atoms with E-state index >= 15 is 0 Å². The first-order valence-corrected chi connectivity index (χ1v) is 9.36. The number of aryl methyl sites for hydroxylation is 2. The van der Waals surface area contributed by atoms with E-state index in [-0.39, 0.29) is 0 Å². The van der Waals surface area contributed by atoms with Crippen LogP contribution < -0.4 is 0 Å². The summed E-state index contributed by atoms with van der Waals surface area (Å²) in [6.07, 6.45) is 14.0. The van der Waals surface area contributed by atoms with E-state index < -0.39 is 0 Å². The van der Waals surface area contributed by atoms with Gasteiger partial charge in [-0.25, -0.2) is 15.0 Å². The number of hydrogen-bond donors (Lipinski definition) is 0. The molecule has 0 radical (unpaired) electrons. The summed E-state index contributed by atoms with van der Waals surface area (Å²) >= 11 is 0. The van der Waals surface area contributed by atoms with E-state index in [1.807, 2.05) is 25.4 Å². The summed E-state index contributed by atoms with van der Waals surface area (Å²) in [7, 11) is 0. The SMILES string of the molecule is Cc1nccc(-c2nccn2CC[C@@H]2CCCN3CCCC[C@H]23)n1. The van der Waals surface area contributed by atoms with Crippen LogP contribution in [0.1, 0.15) is 44.3 Å². The van der Waals surface area contributed by atoms with Crippen LogP contribution in [0.2, 0.25) is 0 Å². The molecule has 0 saturated carbocycles. The summed E-state index contributed by atoms with van der Waals surface area (Å²) in [5.74, 6) is 2.60. The van der Waals surface area contributed by atoms with Gasteiger partial charge < -0.3 is 9.47 Å². The van der Waals surface area contributed by atoms with Gasteiger partial charge in [0.1, 0.15) is 11.5 Å². The number of aromatic nitrogens is 4. The lowest BCUT2D eigenvalue weighted by Gasteiger charge is -2.44. The van der Waals surface area contributed by atoms with Gasteiger partial charge in [0.2, 0.25) is 0 Å². The van der Waals surface area contributed by atoms with Gasteiger partial charge in [-0.15, -0.1) is 0 Å². The van der Waals surface area contributed by atoms with E-state index in [0.29, 0.717) is 0 Å². The highest BCUT2D eigenvalue weighted by molar-refractivity contribution is 5.48. The van der Waals surface area contributed by atoms with Crippen LogP contribution in [0.4, 0.5) is 0 Å². The van der Waals surface area contributed by atoms with E-state index in [9.17, 15) is 0 Å². The van der Waals surface area contributed by atoms with Crippen LogP contribution in [0.15, 0.2) is 24.7 Å². The van der Waals surface area contributed by atoms with Gasteiger partial charge in [0.05, 0.1) is 0 Å². The average Bonchev–Trinajstić information content (AvgIpc) is 3.08. The maximum Gasteiger partial charge on any atom is 0.158 e. The van der Waals surface area contributed by atoms with Crippen molar-refractivity contribution in [2.75, 3.05) is 13.1 Å². The summed E-state index contributed by atoms with van der Waals surface area (Å²) < 4.78 is 2.27. The van der Waals surface area contributed by atoms with Crippen molar-refractivity contribution in [3.63, 3.8) is 0 Å². The minimum Gasteiger partial charge on any atom is -0.330 e. The van der Waals surface area contributed by atoms with Gasteiger partial charge in [0.15, 0.2) is 5.82 Å². The highest BCUT2D eigenvalue weighted by atomic mass is 15.2. The molecule has 0 aliphatic carbocycles. The normalized spacial score (nSPS) is 24.7. The third-order valence-electron chi connectivity index (χ3n) is 5.69. The van der Waals surface area contributed by atoms with Gasteiger partial charge >= 0.3 is 0 Å². The Hall–Kier alpha value is -1.75. The van der Waals surface area contributed by atoms with Gasteiger partial charge in [0.25, 0.3) is 0 Å². The molecule has 2 aliphatic heterocycles. The minimum absolute atomic E-state index is 0.798. The standard InChI is InChI=1S/C19H27N5/c1-15-20-9-7-17(22-15)19-21-10-14-24(19)13-8-16-5-4-12-23-11-3-2-6-18(16)23/h7,9-10,14,16,18H,2-6,8,11-13H2,1H3/t16-,18+/m0/s1. The summed E-state index contributed by atoms with van der Waals surface area (Å²) in [6, 6.07) is 2.77. The van der Waals surface area contributed by atoms with Gasteiger partial charge in [-0.2, -0.15) is 0 Å². The summed E-state index contributed by atoms with van der Waals surface area (Å²) in [5, 5.41) is 0. The Balaban J connectivity index is 1.46. The molecule has 2 saturated heterocycles. The molecule has 0 spiro atoms. The third kappa shape index (κ3) is 3.22. The second-order valence-electron chi connectivity index (χ2n) is 7.22. The van der Waals surface area contributed by atoms with Crippen LogP contribution in [-0.2, 0) is 6.54 Å². The molecule has 4 heterocycles. The fraction of sp³-hybridized carbons (Fsp3) is 0.632. The quantitative estimate of drug-likeness (QED) is 0.865. The van der Waals surface area contributed by atoms with E-state index in [0.717, 1.165) is 35.8 Å². The van der Waals surface area contributed by atoms with Gasteiger partial charge in [-0.3, -0.25) is 0 Å². The number of rotatable bonds is 4. The highest BCUT2D eigenvalue weighted by Crippen LogP contribution is 2.33. The molecular weight excluding hydrogens is 298 g/mol. The van der Waals surface area contributed by atoms with Crippen molar-refractivity contribution in [3.05, 3.63) is 30.5 Å². The predicted molar refractivity (Wildman–Crippen MR) is 94.5 cm³/mol. The Labute approximate surface area is 144 Å². The van der Waals surface area contributed by atoms with Crippen LogP contribution in [0, 0.1) is 12.8 Å². The molecule has 2 atom stereocenters. The second-order valence-corrected chi connectivity index (χ2v) is 7.22. The fourth-order valence-electron chi connectivity index (χ4n) is 4.52. The Morgan fingerprint density at radius 3 is 2.92 bits per heavy atom. The van der Waals surface area contributed by atoms with Crippen LogP contribution in [0.25, 0.3) is 11.5 Å². The monoisotopic (exact) mass is 325 g/mol. The molecule has 0 N–H and O–H groups in total. The van der Waals surface area contributed by atoms with Crippen molar-refractivity contribution >= 4 is 0 Å². The lowest BCUT2D eigenvalue weighted by molar-refractivity contribution is 0.0539. The summed E-state index contributed by atoms with van der Waals surface area (Å²) in [6.45, 7) is 5.60. The molecule has 0 aromatic carbocycles. The first-order valence-electron chi connectivity index (χ1n) is 9.36. The maximum atomic E-state index is 4.54. The molecule has 2 aliphatic rings. The molecule has 5 nitrogen and oxygen atoms in total. The third-order valence-corrected chi connectivity index (χ3v) is 5.69. The number of hydrogen-bond acceptors (Lipinski definition) is 4. The topological polar surface area (TPSA) is 46.8 Å². The zero-order valence-corrected chi connectivity index (χ0v) is 14.6. The van der Waals surface area contributed by atoms with Crippen molar-refractivity contribution in [3.8, 4) is 11.5 Å². The van der Waals surface area contributed by atoms with Gasteiger partial charge in [-0.1, -0.05) is 6.42 Å². The first kappa shape index (κ1) is 15.8. The number of imidazole rings is 1. The van der Waals surface area contributed by atoms with Crippen LogP contribution in [0.5, 0.6) is 0 Å². The molecule has 2 fully saturated rings. The minimum atomic E-state index is 0.798. The van der Waals surface area contributed by atoms with Crippen molar-refractivity contribution in [2.45, 2.75) is 58.0 Å². The smallest absolute Gasteiger partial charge is 0.158 e. The van der Waals surface area contributed by atoms with Gasteiger partial charge in [0, 0.05) is 31.2 Å². The van der Waals surface area contributed by atoms with Crippen molar-refractivity contribution in [2.24, 2.45) is 5.92 Å². The lowest BCUT2D eigenvalue weighted by Crippen LogP contribution is -2.48. The molecule has 0 unspecified atom stereocenters. The predicted octanol–water partition coefficient (Wildman–Crippen LogP) is 3.30. The highest BCUT2D eigenvalue weighted by Gasteiger charge is 2.32. The van der Waals surface area contributed by atoms with E-state index in [1.165, 1.54) is 51.6 Å². The largest absolute Gasteiger partial charge is 0.330 e. The zero-order valence-electron chi connectivity index (χ0n) is 14.6. The molecule has 0 amide bonds. The number of fused-ring (bicyclic) bond motifs is 1. The number of piperidine rings is 2. The average molecular weight is 325 g/mol. The van der Waals surface area contributed by atoms with E-state index in [2.05, 4.69) is 30.6 Å². The Kier molecular flexibility index (Phi) is 4.60. The molecule has 2 aromatic heterocycles. The molecule has 24 heavy (non-hydrogen) atoms. The second kappa shape index (κ2) is 7.01. The van der Waals surface area contributed by atoms with Crippen molar-refractivity contribution < 1.29 is 0 Å². The van der Waals surface area contributed by atoms with Crippen LogP contribution >= 0.6 is 0 Å². The Morgan fingerprint density at radius 2 is 2.00 bits per heavy atom. The van der Waals surface area contributed by atoms with Gasteiger partial charge in [-0.05, 0) is 64.1 Å². The molecular formula is C19H27N5. The lowest BCUT2D eigenvalue weighted by atomic mass is 9.81.